The molecule has 2 heterocycles. The van der Waals surface area contributed by atoms with Crippen LogP contribution < -0.4 is 0 Å². The highest BCUT2D eigenvalue weighted by Gasteiger charge is 2.34. The number of likely N-dealkylation sites (tertiary alicyclic amines) is 1. The molecule has 1 aromatic heterocycles. The normalized spacial score (nSPS) is 22.1. The number of rotatable bonds is 7. The Morgan fingerprint density at radius 2 is 1.97 bits per heavy atom. The van der Waals surface area contributed by atoms with Crippen LogP contribution in [0, 0.1) is 11.8 Å². The molecule has 29 heavy (non-hydrogen) atoms. The minimum atomic E-state index is -4.50. The molecule has 1 aromatic carbocycles. The predicted octanol–water partition coefficient (Wildman–Crippen LogP) is 5.31. The van der Waals surface area contributed by atoms with Crippen LogP contribution in [-0.4, -0.2) is 40.7 Å². The lowest BCUT2D eigenvalue weighted by atomic mass is 9.79. The summed E-state index contributed by atoms with van der Waals surface area (Å²) >= 11 is 0. The van der Waals surface area contributed by atoms with Crippen molar-refractivity contribution in [2.45, 2.75) is 58.2 Å². The number of pyridine rings is 1. The summed E-state index contributed by atoms with van der Waals surface area (Å²) in [4.78, 5) is 6.26. The molecule has 1 N–H and O–H groups in total. The van der Waals surface area contributed by atoms with Gasteiger partial charge in [-0.15, -0.1) is 0 Å². The summed E-state index contributed by atoms with van der Waals surface area (Å²) in [5, 5.41) is 11.5. The first-order valence-electron chi connectivity index (χ1n) is 10.7. The number of aliphatic hydroxyl groups is 1. The van der Waals surface area contributed by atoms with E-state index in [0.29, 0.717) is 34.7 Å². The van der Waals surface area contributed by atoms with Crippen molar-refractivity contribution in [3.05, 3.63) is 41.6 Å². The maximum atomic E-state index is 13.3. The van der Waals surface area contributed by atoms with Crippen LogP contribution >= 0.6 is 0 Å². The Labute approximate surface area is 170 Å². The number of hydrogen-bond donors (Lipinski definition) is 1. The Kier molecular flexibility index (Phi) is 7.17. The summed E-state index contributed by atoms with van der Waals surface area (Å²) in [6, 6.07) is 7.96. The molecule has 3 rings (SSSR count). The Hall–Kier alpha value is -1.66. The highest BCUT2D eigenvalue weighted by Crippen LogP contribution is 2.33. The average Bonchev–Trinajstić information content (AvgIpc) is 2.68. The first kappa shape index (κ1) is 22.0. The Balaban J connectivity index is 1.75. The van der Waals surface area contributed by atoms with E-state index in [4.69, 9.17) is 0 Å². The second-order valence-corrected chi connectivity index (χ2v) is 8.29. The van der Waals surface area contributed by atoms with Crippen LogP contribution in [0.15, 0.2) is 30.3 Å². The summed E-state index contributed by atoms with van der Waals surface area (Å²) in [5.74, 6) is 0.947. The molecule has 1 saturated heterocycles. The van der Waals surface area contributed by atoms with Gasteiger partial charge >= 0.3 is 6.18 Å². The van der Waals surface area contributed by atoms with E-state index in [2.05, 4.69) is 23.7 Å². The number of piperidine rings is 1. The van der Waals surface area contributed by atoms with Gasteiger partial charge in [-0.25, -0.2) is 4.98 Å². The van der Waals surface area contributed by atoms with E-state index in [-0.39, 0.29) is 6.42 Å². The van der Waals surface area contributed by atoms with Crippen molar-refractivity contribution >= 4 is 10.9 Å². The second-order valence-electron chi connectivity index (χ2n) is 8.29. The molecule has 0 amide bonds. The molecule has 160 valence electrons. The fourth-order valence-electron chi connectivity index (χ4n) is 4.70. The largest absolute Gasteiger partial charge is 0.433 e. The Morgan fingerprint density at radius 3 is 2.66 bits per heavy atom. The van der Waals surface area contributed by atoms with E-state index in [1.54, 1.807) is 24.3 Å². The van der Waals surface area contributed by atoms with Gasteiger partial charge in [-0.05, 0) is 68.3 Å². The van der Waals surface area contributed by atoms with Crippen LogP contribution in [0.2, 0.25) is 0 Å². The molecule has 1 unspecified atom stereocenters. The van der Waals surface area contributed by atoms with Gasteiger partial charge in [-0.2, -0.15) is 13.2 Å². The fourth-order valence-corrected chi connectivity index (χ4v) is 4.70. The minimum Gasteiger partial charge on any atom is -0.393 e. The molecule has 1 aliphatic heterocycles. The molecule has 6 heteroatoms. The molecule has 0 radical (unpaired) electrons. The number of alkyl halides is 3. The number of nitrogens with zero attached hydrogens (tertiary/aromatic N) is 2. The second kappa shape index (κ2) is 9.43. The third-order valence-electron chi connectivity index (χ3n) is 6.16. The van der Waals surface area contributed by atoms with Crippen molar-refractivity contribution in [3.63, 3.8) is 0 Å². The fraction of sp³-hybridized carbons (Fsp3) is 0.609. The molecule has 0 bridgehead atoms. The van der Waals surface area contributed by atoms with Crippen LogP contribution in [0.5, 0.6) is 0 Å². The Bertz CT molecular complexity index is 808. The first-order chi connectivity index (χ1) is 13.8. The molecule has 0 aliphatic carbocycles. The van der Waals surface area contributed by atoms with Gasteiger partial charge < -0.3 is 10.0 Å². The zero-order chi connectivity index (χ0) is 21.0. The highest BCUT2D eigenvalue weighted by molar-refractivity contribution is 5.82. The van der Waals surface area contributed by atoms with Crippen molar-refractivity contribution in [1.82, 2.24) is 9.88 Å². The number of aliphatic hydroxyl groups excluding tert-OH is 1. The van der Waals surface area contributed by atoms with Gasteiger partial charge in [0.25, 0.3) is 0 Å². The molecule has 1 fully saturated rings. The monoisotopic (exact) mass is 408 g/mol. The van der Waals surface area contributed by atoms with E-state index in [1.165, 1.54) is 0 Å². The quantitative estimate of drug-likeness (QED) is 0.675. The van der Waals surface area contributed by atoms with Gasteiger partial charge in [0.15, 0.2) is 0 Å². The summed E-state index contributed by atoms with van der Waals surface area (Å²) in [6.45, 7) is 7.57. The minimum absolute atomic E-state index is 0.220. The van der Waals surface area contributed by atoms with Crippen molar-refractivity contribution in [2.75, 3.05) is 19.6 Å². The van der Waals surface area contributed by atoms with Gasteiger partial charge in [0.1, 0.15) is 5.69 Å². The number of para-hydroxylation sites is 1. The topological polar surface area (TPSA) is 36.4 Å². The third-order valence-corrected chi connectivity index (χ3v) is 6.16. The van der Waals surface area contributed by atoms with E-state index in [9.17, 15) is 18.3 Å². The van der Waals surface area contributed by atoms with Crippen LogP contribution in [0.1, 0.15) is 50.8 Å². The standard InChI is InChI=1S/C23H31F3N2O/c1-3-10-28-11-9-17(16(4-2)15-28)12-19(29)13-18-14-22(23(24,25)26)27-21-8-6-5-7-20(18)21/h5-8,14,16-17,19,29H,3-4,9-13,15H2,1-2H3/t16-,17-,19?/m0/s1. The number of hydrogen-bond acceptors (Lipinski definition) is 3. The van der Waals surface area contributed by atoms with Crippen molar-refractivity contribution < 1.29 is 18.3 Å². The van der Waals surface area contributed by atoms with Gasteiger partial charge in [-0.1, -0.05) is 38.5 Å². The van der Waals surface area contributed by atoms with Crippen molar-refractivity contribution in [1.29, 1.82) is 0 Å². The molecule has 3 atom stereocenters. The number of benzene rings is 1. The number of aromatic nitrogens is 1. The van der Waals surface area contributed by atoms with E-state index < -0.39 is 18.0 Å². The molecular weight excluding hydrogens is 377 g/mol. The third kappa shape index (κ3) is 5.48. The van der Waals surface area contributed by atoms with Crippen LogP contribution in [0.25, 0.3) is 10.9 Å². The average molecular weight is 409 g/mol. The molecule has 0 saturated carbocycles. The zero-order valence-corrected chi connectivity index (χ0v) is 17.3. The van der Waals surface area contributed by atoms with Crippen LogP contribution in [-0.2, 0) is 12.6 Å². The highest BCUT2D eigenvalue weighted by atomic mass is 19.4. The van der Waals surface area contributed by atoms with Crippen LogP contribution in [0.3, 0.4) is 0 Å². The lowest BCUT2D eigenvalue weighted by Crippen LogP contribution is -2.41. The predicted molar refractivity (Wildman–Crippen MR) is 110 cm³/mol. The molecule has 2 aromatic rings. The molecule has 3 nitrogen and oxygen atoms in total. The summed E-state index contributed by atoms with van der Waals surface area (Å²) in [5.41, 5.74) is -0.0477. The molecule has 0 spiro atoms. The maximum absolute atomic E-state index is 13.3. The van der Waals surface area contributed by atoms with Crippen molar-refractivity contribution in [2.24, 2.45) is 11.8 Å². The Morgan fingerprint density at radius 1 is 1.21 bits per heavy atom. The maximum Gasteiger partial charge on any atom is 0.433 e. The van der Waals surface area contributed by atoms with Gasteiger partial charge in [0.2, 0.25) is 0 Å². The smallest absolute Gasteiger partial charge is 0.393 e. The van der Waals surface area contributed by atoms with Gasteiger partial charge in [-0.3, -0.25) is 0 Å². The van der Waals surface area contributed by atoms with E-state index >= 15 is 0 Å². The zero-order valence-electron chi connectivity index (χ0n) is 17.3. The summed E-state index contributed by atoms with van der Waals surface area (Å²) in [7, 11) is 0. The first-order valence-corrected chi connectivity index (χ1v) is 10.7. The summed E-state index contributed by atoms with van der Waals surface area (Å²) in [6.07, 6.45) is -1.05. The number of halogens is 3. The summed E-state index contributed by atoms with van der Waals surface area (Å²) < 4.78 is 39.8. The van der Waals surface area contributed by atoms with E-state index in [0.717, 1.165) is 45.0 Å². The molecular formula is C23H31F3N2O. The van der Waals surface area contributed by atoms with Gasteiger partial charge in [0.05, 0.1) is 11.6 Å². The van der Waals surface area contributed by atoms with Crippen molar-refractivity contribution in [3.8, 4) is 0 Å². The number of fused-ring (bicyclic) bond motifs is 1. The SMILES string of the molecule is CCCN1CC[C@@H](CC(O)Cc2cc(C(F)(F)F)nc3ccccc23)[C@@H](CC)C1. The lowest BCUT2D eigenvalue weighted by Gasteiger charge is -2.39. The van der Waals surface area contributed by atoms with E-state index in [1.807, 2.05) is 0 Å². The molecule has 1 aliphatic rings. The lowest BCUT2D eigenvalue weighted by molar-refractivity contribution is -0.141. The van der Waals surface area contributed by atoms with Gasteiger partial charge in [0, 0.05) is 11.9 Å². The van der Waals surface area contributed by atoms with Crippen LogP contribution in [0.4, 0.5) is 13.2 Å².